The molecule has 0 atom stereocenters. The maximum Gasteiger partial charge on any atom is 0.287 e. The van der Waals surface area contributed by atoms with Crippen molar-refractivity contribution in [2.75, 3.05) is 18.4 Å². The lowest BCUT2D eigenvalue weighted by atomic mass is 10.2. The quantitative estimate of drug-likeness (QED) is 0.654. The number of amidine groups is 1. The van der Waals surface area contributed by atoms with Gasteiger partial charge in [-0.1, -0.05) is 12.1 Å². The van der Waals surface area contributed by atoms with E-state index in [2.05, 4.69) is 33.8 Å². The smallest absolute Gasteiger partial charge is 0.287 e. The number of benzene rings is 1. The van der Waals surface area contributed by atoms with Crippen LogP contribution in [0.5, 0.6) is 0 Å². The van der Waals surface area contributed by atoms with Gasteiger partial charge in [0, 0.05) is 19.1 Å². The molecule has 1 amide bonds. The van der Waals surface area contributed by atoms with Crippen LogP contribution >= 0.6 is 0 Å². The Labute approximate surface area is 164 Å². The summed E-state index contributed by atoms with van der Waals surface area (Å²) in [4.78, 5) is 14.6. The van der Waals surface area contributed by atoms with Gasteiger partial charge in [0.1, 0.15) is 10.7 Å². The molecule has 8 nitrogen and oxygen atoms in total. The summed E-state index contributed by atoms with van der Waals surface area (Å²) in [5.74, 6) is 0.137. The number of anilines is 1. The second-order valence-electron chi connectivity index (χ2n) is 6.79. The van der Waals surface area contributed by atoms with Crippen molar-refractivity contribution in [2.45, 2.75) is 37.8 Å². The molecule has 0 spiro atoms. The van der Waals surface area contributed by atoms with Gasteiger partial charge in [0.25, 0.3) is 15.9 Å². The fourth-order valence-corrected chi connectivity index (χ4v) is 4.02. The minimum Gasteiger partial charge on any atom is -0.468 e. The van der Waals surface area contributed by atoms with Crippen molar-refractivity contribution >= 4 is 27.5 Å². The molecule has 1 aromatic carbocycles. The Morgan fingerprint density at radius 2 is 2.04 bits per heavy atom. The number of para-hydroxylation sites is 1. The van der Waals surface area contributed by atoms with Gasteiger partial charge in [0.05, 0.1) is 18.5 Å². The molecule has 28 heavy (non-hydrogen) atoms. The van der Waals surface area contributed by atoms with Crippen molar-refractivity contribution in [3.8, 4) is 0 Å². The van der Waals surface area contributed by atoms with Crippen molar-refractivity contribution in [3.05, 3.63) is 48.4 Å². The Bertz CT molecular complexity index is 952. The van der Waals surface area contributed by atoms with Crippen LogP contribution in [-0.4, -0.2) is 44.2 Å². The first kappa shape index (κ1) is 20.1. The summed E-state index contributed by atoms with van der Waals surface area (Å²) in [6, 6.07) is 10.5. The fraction of sp³-hybridized carbons (Fsp3) is 0.368. The molecule has 0 bridgehead atoms. The third-order valence-electron chi connectivity index (χ3n) is 4.42. The molecule has 150 valence electrons. The van der Waals surface area contributed by atoms with Crippen LogP contribution in [0, 0.1) is 0 Å². The van der Waals surface area contributed by atoms with Crippen LogP contribution in [0.1, 0.15) is 26.0 Å². The number of hydrogen-bond donors (Lipinski definition) is 2. The van der Waals surface area contributed by atoms with Crippen LogP contribution in [-0.2, 0) is 21.4 Å². The van der Waals surface area contributed by atoms with Crippen LogP contribution in [0.3, 0.4) is 0 Å². The lowest BCUT2D eigenvalue weighted by Crippen LogP contribution is -2.39. The van der Waals surface area contributed by atoms with E-state index >= 15 is 0 Å². The molecule has 0 radical (unpaired) electrons. The zero-order chi connectivity index (χ0) is 20.1. The van der Waals surface area contributed by atoms with Crippen molar-refractivity contribution in [1.29, 1.82) is 0 Å². The van der Waals surface area contributed by atoms with Crippen LogP contribution < -0.4 is 10.6 Å². The summed E-state index contributed by atoms with van der Waals surface area (Å²) >= 11 is 0. The molecule has 3 rings (SSSR count). The molecule has 1 aliphatic rings. The van der Waals surface area contributed by atoms with Gasteiger partial charge >= 0.3 is 0 Å². The SMILES string of the molecule is CC(C)N(CCCNC(=O)C1=NS(=O)(=O)c2ccccc2N1)Cc1ccco1. The van der Waals surface area contributed by atoms with Crippen molar-refractivity contribution in [3.63, 3.8) is 0 Å². The van der Waals surface area contributed by atoms with Crippen LogP contribution in [0.4, 0.5) is 5.69 Å². The second kappa shape index (κ2) is 8.57. The molecule has 0 fully saturated rings. The Balaban J connectivity index is 1.52. The first-order valence-electron chi connectivity index (χ1n) is 9.12. The summed E-state index contributed by atoms with van der Waals surface area (Å²) in [5.41, 5.74) is 0.354. The van der Waals surface area contributed by atoms with Gasteiger partial charge in [-0.25, -0.2) is 0 Å². The highest BCUT2D eigenvalue weighted by Crippen LogP contribution is 2.26. The van der Waals surface area contributed by atoms with Crippen LogP contribution in [0.15, 0.2) is 56.4 Å². The van der Waals surface area contributed by atoms with Crippen molar-refractivity contribution in [2.24, 2.45) is 4.40 Å². The largest absolute Gasteiger partial charge is 0.468 e. The van der Waals surface area contributed by atoms with Gasteiger partial charge in [-0.2, -0.15) is 8.42 Å². The lowest BCUT2D eigenvalue weighted by Gasteiger charge is -2.25. The predicted octanol–water partition coefficient (Wildman–Crippen LogP) is 2.21. The normalized spacial score (nSPS) is 15.1. The summed E-state index contributed by atoms with van der Waals surface area (Å²) in [6.45, 7) is 6.07. The number of sulfonamides is 1. The van der Waals surface area contributed by atoms with E-state index in [9.17, 15) is 13.2 Å². The van der Waals surface area contributed by atoms with Gasteiger partial charge in [-0.3, -0.25) is 9.69 Å². The third-order valence-corrected chi connectivity index (χ3v) is 5.76. The number of rotatable bonds is 8. The average Bonchev–Trinajstić information content (AvgIpc) is 3.16. The van der Waals surface area contributed by atoms with E-state index in [4.69, 9.17) is 4.42 Å². The number of nitrogens with one attached hydrogen (secondary N) is 2. The molecule has 9 heteroatoms. The van der Waals surface area contributed by atoms with E-state index in [1.54, 1.807) is 24.5 Å². The highest BCUT2D eigenvalue weighted by atomic mass is 32.2. The van der Waals surface area contributed by atoms with Gasteiger partial charge in [-0.15, -0.1) is 4.40 Å². The number of fused-ring (bicyclic) bond motifs is 1. The van der Waals surface area contributed by atoms with Crippen LogP contribution in [0.25, 0.3) is 0 Å². The Morgan fingerprint density at radius 1 is 1.25 bits per heavy atom. The molecular weight excluding hydrogens is 380 g/mol. The molecular formula is C19H24N4O4S. The van der Waals surface area contributed by atoms with Crippen molar-refractivity contribution in [1.82, 2.24) is 10.2 Å². The molecule has 0 unspecified atom stereocenters. The van der Waals surface area contributed by atoms with E-state index in [-0.39, 0.29) is 10.7 Å². The topological polar surface area (TPSA) is 104 Å². The molecule has 2 aromatic rings. The average molecular weight is 404 g/mol. The molecule has 1 aliphatic heterocycles. The van der Waals surface area contributed by atoms with Gasteiger partial charge < -0.3 is 15.1 Å². The Morgan fingerprint density at radius 3 is 2.75 bits per heavy atom. The van der Waals surface area contributed by atoms with Crippen molar-refractivity contribution < 1.29 is 17.6 Å². The zero-order valence-corrected chi connectivity index (χ0v) is 16.7. The standard InChI is InChI=1S/C19H24N4O4S/c1-14(2)23(13-15-7-5-12-27-15)11-6-10-20-19(24)18-21-16-8-3-4-9-17(16)28(25,26)22-18/h3-5,7-9,12,14H,6,10-11,13H2,1-2H3,(H,20,24)(H,21,22). The summed E-state index contributed by atoms with van der Waals surface area (Å²) in [5, 5.41) is 5.51. The number of amides is 1. The Hall–Kier alpha value is -2.65. The molecule has 2 heterocycles. The van der Waals surface area contributed by atoms with E-state index in [0.29, 0.717) is 31.2 Å². The maximum absolute atomic E-state index is 12.3. The van der Waals surface area contributed by atoms with Gasteiger partial charge in [0.15, 0.2) is 0 Å². The number of furan rings is 1. The van der Waals surface area contributed by atoms with E-state index in [1.165, 1.54) is 6.07 Å². The highest BCUT2D eigenvalue weighted by molar-refractivity contribution is 7.90. The summed E-state index contributed by atoms with van der Waals surface area (Å²) < 4.78 is 33.4. The molecule has 2 N–H and O–H groups in total. The molecule has 0 saturated heterocycles. The maximum atomic E-state index is 12.3. The minimum atomic E-state index is -3.87. The van der Waals surface area contributed by atoms with Crippen LogP contribution in [0.2, 0.25) is 0 Å². The highest BCUT2D eigenvalue weighted by Gasteiger charge is 2.27. The lowest BCUT2D eigenvalue weighted by molar-refractivity contribution is -0.114. The monoisotopic (exact) mass is 404 g/mol. The molecule has 1 aromatic heterocycles. The first-order chi connectivity index (χ1) is 13.4. The zero-order valence-electron chi connectivity index (χ0n) is 15.9. The van der Waals surface area contributed by atoms with E-state index < -0.39 is 15.9 Å². The number of carbonyl (C=O) groups is 1. The summed E-state index contributed by atoms with van der Waals surface area (Å²) in [6.07, 6.45) is 2.36. The van der Waals surface area contributed by atoms with E-state index in [1.807, 2.05) is 12.1 Å². The molecule has 0 saturated carbocycles. The molecule has 0 aliphatic carbocycles. The number of nitrogens with zero attached hydrogens (tertiary/aromatic N) is 2. The third kappa shape index (κ3) is 4.79. The first-order valence-corrected chi connectivity index (χ1v) is 10.6. The van der Waals surface area contributed by atoms with Gasteiger partial charge in [0.2, 0.25) is 5.84 Å². The fourth-order valence-electron chi connectivity index (χ4n) is 2.90. The minimum absolute atomic E-state index is 0.0667. The van der Waals surface area contributed by atoms with Gasteiger partial charge in [-0.05, 0) is 44.5 Å². The predicted molar refractivity (Wildman–Crippen MR) is 107 cm³/mol. The number of carbonyl (C=O) groups excluding carboxylic acids is 1. The van der Waals surface area contributed by atoms with E-state index in [0.717, 1.165) is 12.3 Å². The second-order valence-corrected chi connectivity index (χ2v) is 8.36. The Kier molecular flexibility index (Phi) is 6.15. The summed E-state index contributed by atoms with van der Waals surface area (Å²) in [7, 11) is -3.87. The number of hydrogen-bond acceptors (Lipinski definition) is 6.